The van der Waals surface area contributed by atoms with E-state index in [-0.39, 0.29) is 12.3 Å². The van der Waals surface area contributed by atoms with Crippen molar-refractivity contribution in [2.45, 2.75) is 45.1 Å². The number of aryl methyl sites for hydroxylation is 1. The van der Waals surface area contributed by atoms with Gasteiger partial charge in [-0.3, -0.25) is 19.2 Å². The lowest BCUT2D eigenvalue weighted by atomic mass is 9.95. The molecular weight excluding hydrogens is 426 g/mol. The van der Waals surface area contributed by atoms with Crippen molar-refractivity contribution in [3.63, 3.8) is 0 Å². The van der Waals surface area contributed by atoms with E-state index in [4.69, 9.17) is 10.5 Å². The molecule has 2 aromatic rings. The van der Waals surface area contributed by atoms with Crippen LogP contribution in [0.25, 0.3) is 0 Å². The molecule has 0 aliphatic heterocycles. The van der Waals surface area contributed by atoms with Gasteiger partial charge in [0, 0.05) is 16.7 Å². The maximum Gasteiger partial charge on any atom is 0.308 e. The minimum atomic E-state index is -0.613. The van der Waals surface area contributed by atoms with E-state index < -0.39 is 30.4 Å². The Morgan fingerprint density at radius 2 is 2.00 bits per heavy atom. The van der Waals surface area contributed by atoms with Crippen LogP contribution >= 0.6 is 22.7 Å². The Hall–Kier alpha value is -2.72. The number of carbonyl (C=O) groups is 4. The number of carbonyl (C=O) groups excluding carboxylic acids is 4. The van der Waals surface area contributed by atoms with Crippen molar-refractivity contribution in [2.24, 2.45) is 5.73 Å². The Kier molecular flexibility index (Phi) is 7.22. The van der Waals surface area contributed by atoms with Crippen LogP contribution in [0.4, 0.5) is 5.00 Å². The van der Waals surface area contributed by atoms with Crippen LogP contribution in [0.5, 0.6) is 0 Å². The van der Waals surface area contributed by atoms with E-state index >= 15 is 0 Å². The van der Waals surface area contributed by atoms with Crippen LogP contribution < -0.4 is 16.4 Å². The summed E-state index contributed by atoms with van der Waals surface area (Å²) in [5.74, 6) is -2.00. The first-order valence-corrected chi connectivity index (χ1v) is 11.2. The smallest absolute Gasteiger partial charge is 0.308 e. The predicted octanol–water partition coefficient (Wildman–Crippen LogP) is 2.54. The first-order chi connectivity index (χ1) is 14.3. The summed E-state index contributed by atoms with van der Waals surface area (Å²) in [6.45, 7) is 0.882. The van der Waals surface area contributed by atoms with E-state index in [1.165, 1.54) is 29.6 Å². The van der Waals surface area contributed by atoms with Gasteiger partial charge in [-0.1, -0.05) is 6.07 Å². The molecule has 0 spiro atoms. The fourth-order valence-electron chi connectivity index (χ4n) is 3.41. The van der Waals surface area contributed by atoms with Crippen molar-refractivity contribution in [1.29, 1.82) is 0 Å². The third-order valence-corrected chi connectivity index (χ3v) is 6.86. The number of amides is 3. The van der Waals surface area contributed by atoms with Crippen LogP contribution in [0.1, 0.15) is 57.9 Å². The lowest BCUT2D eigenvalue weighted by Gasteiger charge is -2.15. The molecule has 1 aliphatic rings. The monoisotopic (exact) mass is 449 g/mol. The second-order valence-corrected chi connectivity index (χ2v) is 9.05. The van der Waals surface area contributed by atoms with E-state index in [0.29, 0.717) is 10.6 Å². The molecule has 1 aliphatic carbocycles. The molecule has 2 aromatic heterocycles. The zero-order valence-corrected chi connectivity index (χ0v) is 18.1. The maximum atomic E-state index is 12.3. The number of hydrogen-bond acceptors (Lipinski definition) is 7. The van der Waals surface area contributed by atoms with Gasteiger partial charge in [-0.25, -0.2) is 0 Å². The van der Waals surface area contributed by atoms with Gasteiger partial charge in [0.15, 0.2) is 6.61 Å². The molecule has 3 rings (SSSR count). The highest BCUT2D eigenvalue weighted by Gasteiger charge is 2.25. The number of thiophene rings is 2. The van der Waals surface area contributed by atoms with Gasteiger partial charge in [-0.15, -0.1) is 22.7 Å². The van der Waals surface area contributed by atoms with E-state index in [0.717, 1.165) is 41.0 Å². The molecule has 10 heteroatoms. The normalized spacial score (nSPS) is 13.8. The molecule has 1 unspecified atom stereocenters. The Bertz CT molecular complexity index is 952. The van der Waals surface area contributed by atoms with Gasteiger partial charge >= 0.3 is 5.97 Å². The van der Waals surface area contributed by atoms with Crippen molar-refractivity contribution in [2.75, 3.05) is 11.9 Å². The van der Waals surface area contributed by atoms with Crippen molar-refractivity contribution in [3.8, 4) is 0 Å². The highest BCUT2D eigenvalue weighted by Crippen LogP contribution is 2.37. The number of nitrogens with one attached hydrogen (secondary N) is 2. The number of rotatable bonds is 8. The van der Waals surface area contributed by atoms with Crippen molar-refractivity contribution < 1.29 is 23.9 Å². The van der Waals surface area contributed by atoms with E-state index in [1.807, 2.05) is 17.5 Å². The first kappa shape index (κ1) is 22.0. The first-order valence-electron chi connectivity index (χ1n) is 9.55. The van der Waals surface area contributed by atoms with E-state index in [1.54, 1.807) is 0 Å². The minimum absolute atomic E-state index is 0.0901. The number of primary amides is 1. The molecule has 0 saturated heterocycles. The zero-order valence-electron chi connectivity index (χ0n) is 16.5. The highest BCUT2D eigenvalue weighted by atomic mass is 32.1. The van der Waals surface area contributed by atoms with Gasteiger partial charge in [0.05, 0.1) is 18.0 Å². The van der Waals surface area contributed by atoms with E-state index in [2.05, 4.69) is 10.6 Å². The quantitative estimate of drug-likeness (QED) is 0.534. The molecule has 0 fully saturated rings. The minimum Gasteiger partial charge on any atom is -0.455 e. The molecular formula is C20H23N3O5S2. The Morgan fingerprint density at radius 3 is 2.67 bits per heavy atom. The van der Waals surface area contributed by atoms with Crippen molar-refractivity contribution >= 4 is 51.4 Å². The van der Waals surface area contributed by atoms with Crippen molar-refractivity contribution in [1.82, 2.24) is 5.32 Å². The van der Waals surface area contributed by atoms with Crippen LogP contribution in [0.3, 0.4) is 0 Å². The molecule has 2 heterocycles. The Morgan fingerprint density at radius 1 is 1.23 bits per heavy atom. The number of esters is 1. The highest BCUT2D eigenvalue weighted by molar-refractivity contribution is 7.17. The Balaban J connectivity index is 1.58. The second-order valence-electron chi connectivity index (χ2n) is 6.96. The fourth-order valence-corrected chi connectivity index (χ4v) is 5.50. The second kappa shape index (κ2) is 9.86. The van der Waals surface area contributed by atoms with Gasteiger partial charge in [0.25, 0.3) is 11.8 Å². The molecule has 8 nitrogen and oxygen atoms in total. The average molecular weight is 450 g/mol. The number of nitrogens with two attached hydrogens (primary N) is 1. The summed E-state index contributed by atoms with van der Waals surface area (Å²) < 4.78 is 5.08. The number of ether oxygens (including phenoxy) is 1. The molecule has 160 valence electrons. The third kappa shape index (κ3) is 5.45. The molecule has 3 amide bonds. The number of hydrogen-bond donors (Lipinski definition) is 3. The van der Waals surface area contributed by atoms with Crippen LogP contribution in [0.15, 0.2) is 17.5 Å². The summed E-state index contributed by atoms with van der Waals surface area (Å²) >= 11 is 2.76. The zero-order chi connectivity index (χ0) is 21.7. The lowest BCUT2D eigenvalue weighted by molar-refractivity contribution is -0.147. The molecule has 30 heavy (non-hydrogen) atoms. The SMILES string of the molecule is CC(=O)NC(CC(=O)OCC(=O)Nc1sc2c(c1C(N)=O)CCCC2)c1cccs1. The molecule has 0 saturated carbocycles. The molecule has 4 N–H and O–H groups in total. The largest absolute Gasteiger partial charge is 0.455 e. The van der Waals surface area contributed by atoms with Gasteiger partial charge in [0.2, 0.25) is 5.91 Å². The summed E-state index contributed by atoms with van der Waals surface area (Å²) in [4.78, 5) is 49.7. The van der Waals surface area contributed by atoms with Crippen LogP contribution in [-0.2, 0) is 32.0 Å². The average Bonchev–Trinajstić information content (AvgIpc) is 3.33. The summed E-state index contributed by atoms with van der Waals surface area (Å²) in [5, 5.41) is 7.61. The molecule has 0 aromatic carbocycles. The van der Waals surface area contributed by atoms with Gasteiger partial charge in [-0.2, -0.15) is 0 Å². The lowest BCUT2D eigenvalue weighted by Crippen LogP contribution is -2.29. The summed E-state index contributed by atoms with van der Waals surface area (Å²) in [6, 6.07) is 3.13. The number of anilines is 1. The standard InChI is InChI=1S/C20H23N3O5S2/c1-11(24)22-13(15-7-4-8-29-15)9-17(26)28-10-16(25)23-20-18(19(21)27)12-5-2-3-6-14(12)30-20/h4,7-8,13H,2-3,5-6,9-10H2,1H3,(H2,21,27)(H,22,24)(H,23,25). The van der Waals surface area contributed by atoms with Crippen LogP contribution in [0, 0.1) is 0 Å². The van der Waals surface area contributed by atoms with Crippen LogP contribution in [0.2, 0.25) is 0 Å². The predicted molar refractivity (Wildman–Crippen MR) is 115 cm³/mol. The third-order valence-electron chi connectivity index (χ3n) is 4.67. The van der Waals surface area contributed by atoms with E-state index in [9.17, 15) is 19.2 Å². The molecule has 0 bridgehead atoms. The molecule has 0 radical (unpaired) electrons. The molecule has 1 atom stereocenters. The summed E-state index contributed by atoms with van der Waals surface area (Å²) in [7, 11) is 0. The maximum absolute atomic E-state index is 12.3. The van der Waals surface area contributed by atoms with Gasteiger partial charge < -0.3 is 21.1 Å². The van der Waals surface area contributed by atoms with Gasteiger partial charge in [-0.05, 0) is 42.7 Å². The Labute approximate surface area is 181 Å². The fraction of sp³-hybridized carbons (Fsp3) is 0.400. The number of fused-ring (bicyclic) bond motifs is 1. The van der Waals surface area contributed by atoms with Gasteiger partial charge in [0.1, 0.15) is 5.00 Å². The summed E-state index contributed by atoms with van der Waals surface area (Å²) in [6.07, 6.45) is 3.55. The summed E-state index contributed by atoms with van der Waals surface area (Å²) in [5.41, 5.74) is 6.80. The topological polar surface area (TPSA) is 128 Å². The van der Waals surface area contributed by atoms with Crippen molar-refractivity contribution in [3.05, 3.63) is 38.4 Å². The van der Waals surface area contributed by atoms with Crippen LogP contribution in [-0.4, -0.2) is 30.3 Å².